The summed E-state index contributed by atoms with van der Waals surface area (Å²) in [4.78, 5) is 34.6. The van der Waals surface area contributed by atoms with Gasteiger partial charge < -0.3 is 10.4 Å². The molecule has 0 bridgehead atoms. The number of amides is 2. The van der Waals surface area contributed by atoms with Gasteiger partial charge in [0.15, 0.2) is 0 Å². The number of nitro groups is 1. The second kappa shape index (κ2) is 9.90. The van der Waals surface area contributed by atoms with Crippen LogP contribution in [0.25, 0.3) is 0 Å². The van der Waals surface area contributed by atoms with Gasteiger partial charge >= 0.3 is 5.69 Å². The van der Waals surface area contributed by atoms with Crippen LogP contribution >= 0.6 is 23.2 Å². The van der Waals surface area contributed by atoms with Gasteiger partial charge in [-0.2, -0.15) is 5.10 Å². The molecule has 9 nitrogen and oxygen atoms in total. The van der Waals surface area contributed by atoms with Crippen molar-refractivity contribution < 1.29 is 19.6 Å². The van der Waals surface area contributed by atoms with E-state index in [1.165, 1.54) is 18.2 Å². The van der Waals surface area contributed by atoms with Crippen molar-refractivity contribution in [2.75, 3.05) is 5.32 Å². The lowest BCUT2D eigenvalue weighted by atomic mass is 10.1. The Kier molecular flexibility index (Phi) is 7.04. The van der Waals surface area contributed by atoms with Crippen molar-refractivity contribution in [3.05, 3.63) is 97.5 Å². The second-order valence-electron chi connectivity index (χ2n) is 6.36. The molecule has 162 valence electrons. The molecule has 3 aromatic rings. The number of anilines is 1. The van der Waals surface area contributed by atoms with Crippen molar-refractivity contribution in [2.45, 2.75) is 0 Å². The Morgan fingerprint density at radius 3 is 2.16 bits per heavy atom. The van der Waals surface area contributed by atoms with Gasteiger partial charge in [0.2, 0.25) is 5.75 Å². The van der Waals surface area contributed by atoms with E-state index in [4.69, 9.17) is 23.2 Å². The predicted molar refractivity (Wildman–Crippen MR) is 121 cm³/mol. The first-order chi connectivity index (χ1) is 15.2. The van der Waals surface area contributed by atoms with Crippen molar-refractivity contribution in [1.29, 1.82) is 0 Å². The molecule has 0 unspecified atom stereocenters. The first-order valence-electron chi connectivity index (χ1n) is 8.92. The van der Waals surface area contributed by atoms with Gasteiger partial charge in [0.1, 0.15) is 0 Å². The maximum Gasteiger partial charge on any atom is 0.312 e. The van der Waals surface area contributed by atoms with Crippen LogP contribution in [0, 0.1) is 10.1 Å². The average Bonchev–Trinajstić information content (AvgIpc) is 2.76. The summed E-state index contributed by atoms with van der Waals surface area (Å²) in [6.45, 7) is 0. The van der Waals surface area contributed by atoms with E-state index >= 15 is 0 Å². The number of benzene rings is 3. The minimum Gasteiger partial charge on any atom is -0.502 e. The summed E-state index contributed by atoms with van der Waals surface area (Å²) in [6, 6.07) is 14.7. The zero-order valence-electron chi connectivity index (χ0n) is 16.1. The summed E-state index contributed by atoms with van der Waals surface area (Å²) in [6.07, 6.45) is 1.03. The number of hydrazone groups is 1. The monoisotopic (exact) mass is 472 g/mol. The summed E-state index contributed by atoms with van der Waals surface area (Å²) in [5, 5.41) is 27.8. The van der Waals surface area contributed by atoms with E-state index in [0.717, 1.165) is 12.3 Å². The van der Waals surface area contributed by atoms with Gasteiger partial charge in [0, 0.05) is 38.5 Å². The Hall–Kier alpha value is -3.95. The van der Waals surface area contributed by atoms with Crippen molar-refractivity contribution in [3.63, 3.8) is 0 Å². The van der Waals surface area contributed by atoms with Crippen LogP contribution in [0.15, 0.2) is 65.8 Å². The number of phenols is 1. The summed E-state index contributed by atoms with van der Waals surface area (Å²) in [5.41, 5.74) is 2.76. The molecule has 0 fully saturated rings. The van der Waals surface area contributed by atoms with Crippen LogP contribution in [0.5, 0.6) is 5.75 Å². The molecule has 0 saturated carbocycles. The van der Waals surface area contributed by atoms with Crippen molar-refractivity contribution >= 4 is 52.6 Å². The molecule has 0 radical (unpaired) electrons. The fourth-order valence-electron chi connectivity index (χ4n) is 2.58. The number of nitrogens with one attached hydrogen (secondary N) is 2. The first kappa shape index (κ1) is 22.7. The van der Waals surface area contributed by atoms with E-state index in [0.29, 0.717) is 16.3 Å². The molecule has 0 saturated heterocycles. The molecule has 3 rings (SSSR count). The molecule has 0 aromatic heterocycles. The van der Waals surface area contributed by atoms with E-state index in [2.05, 4.69) is 15.8 Å². The molecule has 0 atom stereocenters. The topological polar surface area (TPSA) is 134 Å². The highest BCUT2D eigenvalue weighted by molar-refractivity contribution is 6.31. The number of carbonyl (C=O) groups is 2. The lowest BCUT2D eigenvalue weighted by Crippen LogP contribution is -2.18. The summed E-state index contributed by atoms with van der Waals surface area (Å²) in [7, 11) is 0. The molecule has 3 N–H and O–H groups in total. The third-order valence-electron chi connectivity index (χ3n) is 4.16. The molecule has 32 heavy (non-hydrogen) atoms. The van der Waals surface area contributed by atoms with E-state index in [1.54, 1.807) is 36.4 Å². The standard InChI is InChI=1S/C21H14Cl2N4O5/c22-15-5-1-12(2-6-15)20(29)25-17-7-3-13(4-8-17)21(30)26-24-11-14-9-16(23)10-18(19(14)28)27(31)32/h1-11,28H,(H,25,29)(H,26,30)/b24-11+. The highest BCUT2D eigenvalue weighted by Crippen LogP contribution is 2.32. The van der Waals surface area contributed by atoms with Crippen molar-refractivity contribution in [1.82, 2.24) is 5.43 Å². The second-order valence-corrected chi connectivity index (χ2v) is 7.23. The third-order valence-corrected chi connectivity index (χ3v) is 4.63. The smallest absolute Gasteiger partial charge is 0.312 e. The third kappa shape index (κ3) is 5.60. The number of hydrogen-bond donors (Lipinski definition) is 3. The highest BCUT2D eigenvalue weighted by atomic mass is 35.5. The van der Waals surface area contributed by atoms with Crippen LogP contribution in [-0.4, -0.2) is 28.1 Å². The van der Waals surface area contributed by atoms with E-state index < -0.39 is 22.3 Å². The molecule has 0 heterocycles. The quantitative estimate of drug-likeness (QED) is 0.273. The first-order valence-corrected chi connectivity index (χ1v) is 9.67. The van der Waals surface area contributed by atoms with Crippen LogP contribution in [-0.2, 0) is 0 Å². The predicted octanol–water partition coefficient (Wildman–Crippen LogP) is 4.62. The maximum atomic E-state index is 12.2. The Labute approximate surface area is 191 Å². The number of phenolic OH excluding ortho intramolecular Hbond substituents is 1. The summed E-state index contributed by atoms with van der Waals surface area (Å²) in [5.74, 6) is -1.54. The molecular weight excluding hydrogens is 459 g/mol. The van der Waals surface area contributed by atoms with Gasteiger partial charge in [-0.3, -0.25) is 19.7 Å². The average molecular weight is 473 g/mol. The Morgan fingerprint density at radius 2 is 1.53 bits per heavy atom. The van der Waals surface area contributed by atoms with Crippen LogP contribution < -0.4 is 10.7 Å². The molecule has 0 spiro atoms. The van der Waals surface area contributed by atoms with E-state index in [1.807, 2.05) is 0 Å². The number of nitro benzene ring substituents is 1. The molecule has 3 aromatic carbocycles. The van der Waals surface area contributed by atoms with Crippen LogP contribution in [0.3, 0.4) is 0 Å². The summed E-state index contributed by atoms with van der Waals surface area (Å²) >= 11 is 11.6. The van der Waals surface area contributed by atoms with Gasteiger partial charge in [-0.1, -0.05) is 23.2 Å². The van der Waals surface area contributed by atoms with Gasteiger partial charge in [0.25, 0.3) is 11.8 Å². The Balaban J connectivity index is 1.63. The van der Waals surface area contributed by atoms with Crippen molar-refractivity contribution in [2.24, 2.45) is 5.10 Å². The van der Waals surface area contributed by atoms with Gasteiger partial charge in [-0.15, -0.1) is 0 Å². The highest BCUT2D eigenvalue weighted by Gasteiger charge is 2.17. The Morgan fingerprint density at radius 1 is 0.938 bits per heavy atom. The largest absolute Gasteiger partial charge is 0.502 e. The number of aromatic hydroxyl groups is 1. The van der Waals surface area contributed by atoms with Gasteiger partial charge in [-0.05, 0) is 54.6 Å². The molecular formula is C21H14Cl2N4O5. The van der Waals surface area contributed by atoms with Crippen molar-refractivity contribution in [3.8, 4) is 5.75 Å². The lowest BCUT2D eigenvalue weighted by Gasteiger charge is -2.06. The van der Waals surface area contributed by atoms with Gasteiger partial charge in [0.05, 0.1) is 11.1 Å². The fraction of sp³-hybridized carbons (Fsp3) is 0. The maximum absolute atomic E-state index is 12.2. The fourth-order valence-corrected chi connectivity index (χ4v) is 2.92. The molecule has 11 heteroatoms. The molecule has 2 amide bonds. The van der Waals surface area contributed by atoms with E-state index in [-0.39, 0.29) is 22.1 Å². The number of halogens is 2. The number of carbonyl (C=O) groups excluding carboxylic acids is 2. The number of rotatable bonds is 6. The minimum absolute atomic E-state index is 0.0264. The van der Waals surface area contributed by atoms with Crippen LogP contribution in [0.4, 0.5) is 11.4 Å². The van der Waals surface area contributed by atoms with Crippen LogP contribution in [0.2, 0.25) is 10.0 Å². The Bertz CT molecular complexity index is 1210. The number of nitrogens with zero attached hydrogens (tertiary/aromatic N) is 2. The lowest BCUT2D eigenvalue weighted by molar-refractivity contribution is -0.385. The van der Waals surface area contributed by atoms with Gasteiger partial charge in [-0.25, -0.2) is 5.43 Å². The molecule has 0 aliphatic rings. The normalized spacial score (nSPS) is 10.7. The number of hydrogen-bond acceptors (Lipinski definition) is 6. The molecule has 0 aliphatic heterocycles. The zero-order valence-corrected chi connectivity index (χ0v) is 17.6. The zero-order chi connectivity index (χ0) is 23.3. The molecule has 0 aliphatic carbocycles. The van der Waals surface area contributed by atoms with E-state index in [9.17, 15) is 24.8 Å². The SMILES string of the molecule is O=C(N/N=C/c1cc(Cl)cc([N+](=O)[O-])c1O)c1ccc(NC(=O)c2ccc(Cl)cc2)cc1. The summed E-state index contributed by atoms with van der Waals surface area (Å²) < 4.78 is 0. The van der Waals surface area contributed by atoms with Crippen LogP contribution in [0.1, 0.15) is 26.3 Å². The minimum atomic E-state index is -0.787.